The molecule has 2 N–H and O–H groups in total. The van der Waals surface area contributed by atoms with E-state index in [-0.39, 0.29) is 12.3 Å². The smallest absolute Gasteiger partial charge is 0.233 e. The summed E-state index contributed by atoms with van der Waals surface area (Å²) < 4.78 is 10.6. The lowest BCUT2D eigenvalue weighted by molar-refractivity contribution is -0.126. The Labute approximate surface area is 157 Å². The molecule has 0 aromatic heterocycles. The van der Waals surface area contributed by atoms with Crippen LogP contribution >= 0.6 is 11.6 Å². The van der Waals surface area contributed by atoms with Crippen molar-refractivity contribution in [2.75, 3.05) is 25.6 Å². The Morgan fingerprint density at radius 1 is 1.04 bits per heavy atom. The number of aryl methyl sites for hydroxylation is 1. The number of carbonyl (C=O) groups is 2. The highest BCUT2D eigenvalue weighted by molar-refractivity contribution is 6.31. The summed E-state index contributed by atoms with van der Waals surface area (Å²) in [5, 5.41) is 5.84. The predicted molar refractivity (Wildman–Crippen MR) is 101 cm³/mol. The SMILES string of the molecule is COc1ccc(OCCNC(=O)CC(=O)Nc2ccc(C)c(Cl)c2)cc1. The van der Waals surface area contributed by atoms with Crippen LogP contribution in [0.4, 0.5) is 5.69 Å². The van der Waals surface area contributed by atoms with Gasteiger partial charge in [-0.3, -0.25) is 9.59 Å². The molecular formula is C19H21ClN2O4. The lowest BCUT2D eigenvalue weighted by atomic mass is 10.2. The molecule has 138 valence electrons. The summed E-state index contributed by atoms with van der Waals surface area (Å²) >= 11 is 6.00. The second kappa shape index (κ2) is 9.68. The summed E-state index contributed by atoms with van der Waals surface area (Å²) in [5.74, 6) is 0.637. The van der Waals surface area contributed by atoms with Crippen molar-refractivity contribution in [2.45, 2.75) is 13.3 Å². The van der Waals surface area contributed by atoms with E-state index in [1.54, 1.807) is 49.6 Å². The monoisotopic (exact) mass is 376 g/mol. The molecule has 26 heavy (non-hydrogen) atoms. The van der Waals surface area contributed by atoms with Crippen molar-refractivity contribution in [1.82, 2.24) is 5.32 Å². The molecular weight excluding hydrogens is 356 g/mol. The lowest BCUT2D eigenvalue weighted by Crippen LogP contribution is -2.31. The van der Waals surface area contributed by atoms with E-state index in [4.69, 9.17) is 21.1 Å². The van der Waals surface area contributed by atoms with E-state index in [1.165, 1.54) is 0 Å². The quantitative estimate of drug-likeness (QED) is 0.548. The third kappa shape index (κ3) is 6.29. The van der Waals surface area contributed by atoms with Crippen LogP contribution in [0.1, 0.15) is 12.0 Å². The number of anilines is 1. The molecule has 0 heterocycles. The Kier molecular flexibility index (Phi) is 7.29. The largest absolute Gasteiger partial charge is 0.497 e. The third-order valence-corrected chi connectivity index (χ3v) is 3.94. The molecule has 2 aromatic carbocycles. The van der Waals surface area contributed by atoms with E-state index < -0.39 is 5.91 Å². The number of carbonyl (C=O) groups excluding carboxylic acids is 2. The van der Waals surface area contributed by atoms with Gasteiger partial charge in [0.05, 0.1) is 13.7 Å². The molecule has 0 bridgehead atoms. The van der Waals surface area contributed by atoms with Gasteiger partial charge in [-0.1, -0.05) is 17.7 Å². The lowest BCUT2D eigenvalue weighted by Gasteiger charge is -2.09. The molecule has 6 nitrogen and oxygen atoms in total. The second-order valence-corrected chi connectivity index (χ2v) is 5.97. The number of halogens is 1. The van der Waals surface area contributed by atoms with Crippen LogP contribution < -0.4 is 20.1 Å². The van der Waals surface area contributed by atoms with Gasteiger partial charge < -0.3 is 20.1 Å². The van der Waals surface area contributed by atoms with Crippen LogP contribution in [0.3, 0.4) is 0 Å². The van der Waals surface area contributed by atoms with Crippen molar-refractivity contribution in [3.05, 3.63) is 53.1 Å². The molecule has 0 atom stereocenters. The molecule has 0 radical (unpaired) electrons. The molecule has 0 aliphatic carbocycles. The van der Waals surface area contributed by atoms with E-state index in [2.05, 4.69) is 10.6 Å². The fraction of sp³-hybridized carbons (Fsp3) is 0.263. The summed E-state index contributed by atoms with van der Waals surface area (Å²) in [6.45, 7) is 2.47. The van der Waals surface area contributed by atoms with Gasteiger partial charge in [0, 0.05) is 10.7 Å². The minimum absolute atomic E-state index is 0.270. The molecule has 7 heteroatoms. The number of benzene rings is 2. The average Bonchev–Trinajstić information content (AvgIpc) is 2.62. The van der Waals surface area contributed by atoms with Gasteiger partial charge in [0.2, 0.25) is 11.8 Å². The topological polar surface area (TPSA) is 76.7 Å². The molecule has 0 aliphatic rings. The van der Waals surface area contributed by atoms with Gasteiger partial charge in [0.15, 0.2) is 0 Å². The Morgan fingerprint density at radius 2 is 1.73 bits per heavy atom. The van der Waals surface area contributed by atoms with Gasteiger partial charge in [0.1, 0.15) is 24.5 Å². The first kappa shape index (κ1) is 19.6. The maximum atomic E-state index is 11.9. The van der Waals surface area contributed by atoms with Crippen molar-refractivity contribution >= 4 is 29.1 Å². The number of nitrogens with one attached hydrogen (secondary N) is 2. The highest BCUT2D eigenvalue weighted by Gasteiger charge is 2.10. The van der Waals surface area contributed by atoms with E-state index >= 15 is 0 Å². The van der Waals surface area contributed by atoms with Gasteiger partial charge in [-0.2, -0.15) is 0 Å². The summed E-state index contributed by atoms with van der Waals surface area (Å²) in [7, 11) is 1.59. The summed E-state index contributed by atoms with van der Waals surface area (Å²) in [6.07, 6.45) is -0.270. The van der Waals surface area contributed by atoms with Crippen LogP contribution in [0.15, 0.2) is 42.5 Å². The van der Waals surface area contributed by atoms with Gasteiger partial charge in [-0.15, -0.1) is 0 Å². The zero-order valence-electron chi connectivity index (χ0n) is 14.7. The van der Waals surface area contributed by atoms with Crippen LogP contribution in [0.5, 0.6) is 11.5 Å². The zero-order chi connectivity index (χ0) is 18.9. The van der Waals surface area contributed by atoms with Crippen LogP contribution in [0.25, 0.3) is 0 Å². The maximum Gasteiger partial charge on any atom is 0.233 e. The molecule has 0 saturated heterocycles. The van der Waals surface area contributed by atoms with Crippen LogP contribution in [0.2, 0.25) is 5.02 Å². The van der Waals surface area contributed by atoms with Gasteiger partial charge >= 0.3 is 0 Å². The van der Waals surface area contributed by atoms with E-state index in [1.807, 2.05) is 6.92 Å². The molecule has 2 amide bonds. The normalized spacial score (nSPS) is 10.1. The minimum atomic E-state index is -0.404. The Balaban J connectivity index is 1.67. The first-order valence-corrected chi connectivity index (χ1v) is 8.45. The summed E-state index contributed by atoms with van der Waals surface area (Å²) in [4.78, 5) is 23.7. The standard InChI is InChI=1S/C19H21ClN2O4/c1-13-3-4-14(11-17(13)20)22-19(24)12-18(23)21-9-10-26-16-7-5-15(25-2)6-8-16/h3-8,11H,9-10,12H2,1-2H3,(H,21,23)(H,22,24). The molecule has 0 saturated carbocycles. The first-order valence-electron chi connectivity index (χ1n) is 8.07. The number of methoxy groups -OCH3 is 1. The van der Waals surface area contributed by atoms with Crippen LogP contribution in [0, 0.1) is 6.92 Å². The zero-order valence-corrected chi connectivity index (χ0v) is 15.4. The van der Waals surface area contributed by atoms with E-state index in [0.29, 0.717) is 29.6 Å². The first-order chi connectivity index (χ1) is 12.5. The molecule has 2 rings (SSSR count). The van der Waals surface area contributed by atoms with Crippen LogP contribution in [-0.2, 0) is 9.59 Å². The second-order valence-electron chi connectivity index (χ2n) is 5.56. The maximum absolute atomic E-state index is 11.9. The van der Waals surface area contributed by atoms with Crippen molar-refractivity contribution in [3.8, 4) is 11.5 Å². The highest BCUT2D eigenvalue weighted by atomic mass is 35.5. The number of hydrogen-bond donors (Lipinski definition) is 2. The van der Waals surface area contributed by atoms with Crippen LogP contribution in [-0.4, -0.2) is 32.1 Å². The van der Waals surface area contributed by atoms with Crippen molar-refractivity contribution in [2.24, 2.45) is 0 Å². The number of ether oxygens (including phenoxy) is 2. The molecule has 2 aromatic rings. The minimum Gasteiger partial charge on any atom is -0.497 e. The van der Waals surface area contributed by atoms with E-state index in [9.17, 15) is 9.59 Å². The number of hydrogen-bond acceptors (Lipinski definition) is 4. The average molecular weight is 377 g/mol. The van der Waals surface area contributed by atoms with Crippen molar-refractivity contribution < 1.29 is 19.1 Å². The van der Waals surface area contributed by atoms with Crippen molar-refractivity contribution in [1.29, 1.82) is 0 Å². The Bertz CT molecular complexity index is 763. The predicted octanol–water partition coefficient (Wildman–Crippen LogP) is 3.18. The third-order valence-electron chi connectivity index (χ3n) is 3.53. The van der Waals surface area contributed by atoms with Gasteiger partial charge in [-0.05, 0) is 48.9 Å². The fourth-order valence-electron chi connectivity index (χ4n) is 2.12. The van der Waals surface area contributed by atoms with Gasteiger partial charge in [-0.25, -0.2) is 0 Å². The van der Waals surface area contributed by atoms with Gasteiger partial charge in [0.25, 0.3) is 0 Å². The van der Waals surface area contributed by atoms with Crippen molar-refractivity contribution in [3.63, 3.8) is 0 Å². The summed E-state index contributed by atoms with van der Waals surface area (Å²) in [6, 6.07) is 12.3. The highest BCUT2D eigenvalue weighted by Crippen LogP contribution is 2.20. The Hall–Kier alpha value is -2.73. The molecule has 0 unspecified atom stereocenters. The summed E-state index contributed by atoms with van der Waals surface area (Å²) in [5.41, 5.74) is 1.47. The Morgan fingerprint density at radius 3 is 2.38 bits per heavy atom. The molecule has 0 spiro atoms. The molecule has 0 aliphatic heterocycles. The fourth-order valence-corrected chi connectivity index (χ4v) is 2.30. The molecule has 0 fully saturated rings. The number of amides is 2. The van der Waals surface area contributed by atoms with E-state index in [0.717, 1.165) is 11.3 Å². The number of rotatable bonds is 8.